The lowest BCUT2D eigenvalue weighted by Gasteiger charge is -1.99. The summed E-state index contributed by atoms with van der Waals surface area (Å²) in [5, 5.41) is 0. The van der Waals surface area contributed by atoms with Crippen LogP contribution >= 0.6 is 22.6 Å². The fourth-order valence-electron chi connectivity index (χ4n) is 1.59. The first-order valence-electron chi connectivity index (χ1n) is 5.61. The Morgan fingerprint density at radius 1 is 0.923 bits per heavy atom. The third-order valence-electron chi connectivity index (χ3n) is 2.56. The standard InChI is InChI=1S/C11H21IO/c12-9-7-5-3-1-2-4-6-8-11-10-13-11/h11H,1-10H2. The Hall–Kier alpha value is 0.690. The van der Waals surface area contributed by atoms with Crippen LogP contribution in [0.1, 0.15) is 51.4 Å². The van der Waals surface area contributed by atoms with Crippen molar-refractivity contribution in [1.82, 2.24) is 0 Å². The minimum Gasteiger partial charge on any atom is -0.373 e. The lowest BCUT2D eigenvalue weighted by atomic mass is 10.1. The van der Waals surface area contributed by atoms with Gasteiger partial charge in [0.05, 0.1) is 12.7 Å². The molecule has 13 heavy (non-hydrogen) atoms. The maximum absolute atomic E-state index is 5.17. The van der Waals surface area contributed by atoms with Gasteiger partial charge in [0.15, 0.2) is 0 Å². The molecule has 78 valence electrons. The van der Waals surface area contributed by atoms with Crippen LogP contribution in [0.25, 0.3) is 0 Å². The van der Waals surface area contributed by atoms with Crippen molar-refractivity contribution in [3.63, 3.8) is 0 Å². The van der Waals surface area contributed by atoms with Crippen LogP contribution in [0.3, 0.4) is 0 Å². The monoisotopic (exact) mass is 296 g/mol. The number of ether oxygens (including phenoxy) is 1. The van der Waals surface area contributed by atoms with Crippen molar-refractivity contribution in [2.24, 2.45) is 0 Å². The minimum absolute atomic E-state index is 0.652. The first-order chi connectivity index (χ1) is 6.43. The van der Waals surface area contributed by atoms with E-state index in [4.69, 9.17) is 4.74 Å². The van der Waals surface area contributed by atoms with Gasteiger partial charge in [-0.2, -0.15) is 0 Å². The Morgan fingerprint density at radius 2 is 1.46 bits per heavy atom. The van der Waals surface area contributed by atoms with Crippen LogP contribution in [-0.2, 0) is 4.74 Å². The molecular formula is C11H21IO. The van der Waals surface area contributed by atoms with Crippen molar-refractivity contribution in [2.45, 2.75) is 57.5 Å². The second-order valence-corrected chi connectivity index (χ2v) is 4.99. The average molecular weight is 296 g/mol. The number of rotatable bonds is 9. The minimum atomic E-state index is 0.652. The van der Waals surface area contributed by atoms with E-state index in [0.29, 0.717) is 6.10 Å². The highest BCUT2D eigenvalue weighted by atomic mass is 127. The van der Waals surface area contributed by atoms with Gasteiger partial charge in [-0.05, 0) is 17.3 Å². The van der Waals surface area contributed by atoms with Gasteiger partial charge in [-0.25, -0.2) is 0 Å². The van der Waals surface area contributed by atoms with Crippen LogP contribution in [0.5, 0.6) is 0 Å². The van der Waals surface area contributed by atoms with E-state index in [1.54, 1.807) is 0 Å². The normalized spacial score (nSPS) is 20.5. The summed E-state index contributed by atoms with van der Waals surface area (Å²) in [5.41, 5.74) is 0. The summed E-state index contributed by atoms with van der Waals surface area (Å²) in [5.74, 6) is 0. The fraction of sp³-hybridized carbons (Fsp3) is 1.00. The second kappa shape index (κ2) is 8.04. The zero-order valence-electron chi connectivity index (χ0n) is 8.43. The molecule has 0 bridgehead atoms. The predicted molar refractivity (Wildman–Crippen MR) is 65.6 cm³/mol. The Balaban J connectivity index is 1.63. The maximum atomic E-state index is 5.17. The smallest absolute Gasteiger partial charge is 0.0810 e. The number of unbranched alkanes of at least 4 members (excludes halogenated alkanes) is 6. The summed E-state index contributed by atoms with van der Waals surface area (Å²) in [6, 6.07) is 0. The van der Waals surface area contributed by atoms with Crippen LogP contribution < -0.4 is 0 Å². The molecule has 2 heteroatoms. The summed E-state index contributed by atoms with van der Waals surface area (Å²) < 4.78 is 6.50. The first kappa shape index (κ1) is 11.8. The molecule has 0 saturated carbocycles. The Labute approximate surface area is 95.8 Å². The molecule has 0 spiro atoms. The molecule has 1 rings (SSSR count). The molecule has 1 aliphatic heterocycles. The van der Waals surface area contributed by atoms with E-state index in [0.717, 1.165) is 6.61 Å². The van der Waals surface area contributed by atoms with Gasteiger partial charge >= 0.3 is 0 Å². The predicted octanol–water partition coefficient (Wildman–Crippen LogP) is 3.94. The van der Waals surface area contributed by atoms with E-state index in [-0.39, 0.29) is 0 Å². The quantitative estimate of drug-likeness (QED) is 0.272. The molecule has 0 aliphatic carbocycles. The van der Waals surface area contributed by atoms with E-state index in [2.05, 4.69) is 22.6 Å². The van der Waals surface area contributed by atoms with Crippen molar-refractivity contribution in [1.29, 1.82) is 0 Å². The molecule has 1 unspecified atom stereocenters. The van der Waals surface area contributed by atoms with Crippen molar-refractivity contribution in [3.8, 4) is 0 Å². The highest BCUT2D eigenvalue weighted by molar-refractivity contribution is 14.1. The molecule has 0 amide bonds. The molecule has 1 atom stereocenters. The molecule has 1 saturated heterocycles. The molecule has 0 aromatic carbocycles. The highest BCUT2D eigenvalue weighted by Gasteiger charge is 2.20. The summed E-state index contributed by atoms with van der Waals surface area (Å²) in [4.78, 5) is 0. The molecule has 1 nitrogen and oxygen atoms in total. The van der Waals surface area contributed by atoms with Crippen molar-refractivity contribution >= 4 is 22.6 Å². The number of epoxide rings is 1. The van der Waals surface area contributed by atoms with Crippen molar-refractivity contribution in [2.75, 3.05) is 11.0 Å². The Morgan fingerprint density at radius 3 is 2.00 bits per heavy atom. The van der Waals surface area contributed by atoms with Crippen molar-refractivity contribution in [3.05, 3.63) is 0 Å². The van der Waals surface area contributed by atoms with Gasteiger partial charge in [0.25, 0.3) is 0 Å². The summed E-state index contributed by atoms with van der Waals surface area (Å²) in [6.07, 6.45) is 12.0. The summed E-state index contributed by atoms with van der Waals surface area (Å²) in [7, 11) is 0. The zero-order chi connectivity index (χ0) is 9.36. The fourth-order valence-corrected chi connectivity index (χ4v) is 2.12. The van der Waals surface area contributed by atoms with E-state index < -0.39 is 0 Å². The zero-order valence-corrected chi connectivity index (χ0v) is 10.6. The van der Waals surface area contributed by atoms with E-state index in [1.165, 1.54) is 55.8 Å². The third-order valence-corrected chi connectivity index (χ3v) is 3.32. The SMILES string of the molecule is ICCCCCCCCCC1CO1. The molecule has 1 aliphatic rings. The van der Waals surface area contributed by atoms with Gasteiger partial charge in [0.2, 0.25) is 0 Å². The average Bonchev–Trinajstić information content (AvgIpc) is 2.93. The Bertz CT molecular complexity index is 113. The molecule has 0 aromatic rings. The summed E-state index contributed by atoms with van der Waals surface area (Å²) in [6.45, 7) is 1.04. The third kappa shape index (κ3) is 7.74. The van der Waals surface area contributed by atoms with Crippen LogP contribution in [0, 0.1) is 0 Å². The Kier molecular flexibility index (Phi) is 7.27. The summed E-state index contributed by atoms with van der Waals surface area (Å²) >= 11 is 2.46. The van der Waals surface area contributed by atoms with E-state index >= 15 is 0 Å². The maximum Gasteiger partial charge on any atom is 0.0810 e. The van der Waals surface area contributed by atoms with Crippen LogP contribution in [-0.4, -0.2) is 17.1 Å². The van der Waals surface area contributed by atoms with Gasteiger partial charge in [0.1, 0.15) is 0 Å². The van der Waals surface area contributed by atoms with E-state index in [1.807, 2.05) is 0 Å². The molecule has 1 heterocycles. The topological polar surface area (TPSA) is 12.5 Å². The molecule has 0 N–H and O–H groups in total. The number of hydrogen-bond donors (Lipinski definition) is 0. The lowest BCUT2D eigenvalue weighted by Crippen LogP contribution is -1.86. The van der Waals surface area contributed by atoms with Gasteiger partial charge < -0.3 is 4.74 Å². The number of alkyl halides is 1. The van der Waals surface area contributed by atoms with Crippen LogP contribution in [0.4, 0.5) is 0 Å². The van der Waals surface area contributed by atoms with Gasteiger partial charge in [-0.15, -0.1) is 0 Å². The van der Waals surface area contributed by atoms with Crippen LogP contribution in [0.15, 0.2) is 0 Å². The molecule has 0 radical (unpaired) electrons. The highest BCUT2D eigenvalue weighted by Crippen LogP contribution is 2.18. The molecule has 0 aromatic heterocycles. The van der Waals surface area contributed by atoms with Gasteiger partial charge in [-0.1, -0.05) is 61.1 Å². The van der Waals surface area contributed by atoms with Crippen LogP contribution in [0.2, 0.25) is 0 Å². The van der Waals surface area contributed by atoms with Crippen molar-refractivity contribution < 1.29 is 4.74 Å². The largest absolute Gasteiger partial charge is 0.373 e. The molecular weight excluding hydrogens is 275 g/mol. The van der Waals surface area contributed by atoms with Gasteiger partial charge in [-0.3, -0.25) is 0 Å². The molecule has 1 fully saturated rings. The number of hydrogen-bond acceptors (Lipinski definition) is 1. The second-order valence-electron chi connectivity index (χ2n) is 3.91. The lowest BCUT2D eigenvalue weighted by molar-refractivity contribution is 0.387. The van der Waals surface area contributed by atoms with E-state index in [9.17, 15) is 0 Å². The van der Waals surface area contributed by atoms with Gasteiger partial charge in [0, 0.05) is 0 Å². The number of halogens is 1. The first-order valence-corrected chi connectivity index (χ1v) is 7.13.